The van der Waals surface area contributed by atoms with E-state index >= 15 is 0 Å². The van der Waals surface area contributed by atoms with Gasteiger partial charge >= 0.3 is 5.97 Å². The van der Waals surface area contributed by atoms with Crippen molar-refractivity contribution >= 4 is 33.1 Å². The molecule has 25 heavy (non-hydrogen) atoms. The fraction of sp³-hybridized carbons (Fsp3) is 0.294. The third kappa shape index (κ3) is 4.33. The van der Waals surface area contributed by atoms with Crippen LogP contribution in [0.25, 0.3) is 0 Å². The molecule has 0 aliphatic rings. The molecular weight excluding hydrogens is 362 g/mol. The first-order valence-corrected chi connectivity index (χ1v) is 9.68. The molecule has 0 saturated heterocycles. The Morgan fingerprint density at radius 1 is 1.12 bits per heavy atom. The minimum atomic E-state index is -3.56. The molecule has 134 valence electrons. The molecular formula is C17H19NO5S2. The molecule has 0 bridgehead atoms. The molecule has 0 amide bonds. The molecule has 0 fully saturated rings. The zero-order valence-electron chi connectivity index (χ0n) is 14.4. The second kappa shape index (κ2) is 7.47. The molecule has 0 radical (unpaired) electrons. The lowest BCUT2D eigenvalue weighted by Crippen LogP contribution is -2.22. The normalized spacial score (nSPS) is 11.6. The molecule has 0 atom stereocenters. The lowest BCUT2D eigenvalue weighted by Gasteiger charge is -2.11. The van der Waals surface area contributed by atoms with Crippen molar-refractivity contribution in [2.75, 3.05) is 20.7 Å². The summed E-state index contributed by atoms with van der Waals surface area (Å²) >= 11 is 1.51. The van der Waals surface area contributed by atoms with E-state index in [1.165, 1.54) is 49.7 Å². The van der Waals surface area contributed by atoms with Gasteiger partial charge in [0.25, 0.3) is 0 Å². The maximum atomic E-state index is 12.1. The van der Waals surface area contributed by atoms with Gasteiger partial charge in [-0.2, -0.15) is 0 Å². The van der Waals surface area contributed by atoms with E-state index in [0.29, 0.717) is 5.56 Å². The number of thiophene rings is 1. The predicted octanol–water partition coefficient (Wildman–Crippen LogP) is 2.65. The highest BCUT2D eigenvalue weighted by Crippen LogP contribution is 2.21. The van der Waals surface area contributed by atoms with Crippen molar-refractivity contribution in [3.63, 3.8) is 0 Å². The van der Waals surface area contributed by atoms with Crippen molar-refractivity contribution < 1.29 is 22.7 Å². The summed E-state index contributed by atoms with van der Waals surface area (Å²) in [5.41, 5.74) is 0.742. The van der Waals surface area contributed by atoms with Gasteiger partial charge < -0.3 is 4.74 Å². The maximum absolute atomic E-state index is 12.1. The molecule has 1 aromatic carbocycles. The first-order valence-electron chi connectivity index (χ1n) is 7.43. The Hall–Kier alpha value is -2.03. The van der Waals surface area contributed by atoms with Crippen LogP contribution < -0.4 is 0 Å². The molecule has 1 aromatic heterocycles. The summed E-state index contributed by atoms with van der Waals surface area (Å²) < 4.78 is 30.1. The number of benzene rings is 1. The number of sulfonamides is 1. The summed E-state index contributed by atoms with van der Waals surface area (Å²) in [5.74, 6) is -0.936. The van der Waals surface area contributed by atoms with Crippen LogP contribution in [-0.4, -0.2) is 45.2 Å². The zero-order chi connectivity index (χ0) is 18.8. The van der Waals surface area contributed by atoms with Crippen LogP contribution in [-0.2, 0) is 14.8 Å². The molecule has 0 aliphatic carbocycles. The monoisotopic (exact) mass is 381 g/mol. The minimum absolute atomic E-state index is 0.0782. The van der Waals surface area contributed by atoms with Crippen LogP contribution in [0.1, 0.15) is 30.5 Å². The summed E-state index contributed by atoms with van der Waals surface area (Å²) in [5, 5.41) is 0. The Bertz CT molecular complexity index is 896. The van der Waals surface area contributed by atoms with Gasteiger partial charge in [0, 0.05) is 29.4 Å². The van der Waals surface area contributed by atoms with Crippen molar-refractivity contribution in [2.24, 2.45) is 0 Å². The van der Waals surface area contributed by atoms with Crippen LogP contribution in [0.5, 0.6) is 0 Å². The van der Waals surface area contributed by atoms with Crippen molar-refractivity contribution in [3.8, 4) is 0 Å². The van der Waals surface area contributed by atoms with Crippen molar-refractivity contribution in [3.05, 3.63) is 51.2 Å². The van der Waals surface area contributed by atoms with E-state index in [2.05, 4.69) is 0 Å². The zero-order valence-corrected chi connectivity index (χ0v) is 16.0. The van der Waals surface area contributed by atoms with Crippen molar-refractivity contribution in [1.82, 2.24) is 4.31 Å². The number of nitrogens with zero attached hydrogens (tertiary/aromatic N) is 1. The molecule has 0 aliphatic heterocycles. The quantitative estimate of drug-likeness (QED) is 0.568. The smallest absolute Gasteiger partial charge is 0.338 e. The van der Waals surface area contributed by atoms with Gasteiger partial charge in [0.05, 0.1) is 10.5 Å². The first kappa shape index (κ1) is 19.3. The molecule has 0 unspecified atom stereocenters. The van der Waals surface area contributed by atoms with Gasteiger partial charge in [0.15, 0.2) is 6.61 Å². The van der Waals surface area contributed by atoms with Gasteiger partial charge in [0.1, 0.15) is 0 Å². The van der Waals surface area contributed by atoms with Crippen molar-refractivity contribution in [2.45, 2.75) is 18.7 Å². The topological polar surface area (TPSA) is 80.8 Å². The van der Waals surface area contributed by atoms with Crippen LogP contribution in [0.2, 0.25) is 0 Å². The van der Waals surface area contributed by atoms with Crippen LogP contribution in [0, 0.1) is 13.8 Å². The third-order valence-electron chi connectivity index (χ3n) is 3.54. The Labute approximate surface area is 151 Å². The molecule has 0 spiro atoms. The number of Topliss-reactive ketones (excluding diaryl/α,β-unsaturated/α-hetero) is 1. The number of esters is 1. The molecule has 0 saturated carbocycles. The average Bonchev–Trinajstić information content (AvgIpc) is 2.90. The van der Waals surface area contributed by atoms with Gasteiger partial charge in [-0.25, -0.2) is 17.5 Å². The average molecular weight is 381 g/mol. The first-order chi connectivity index (χ1) is 11.6. The standard InChI is InChI=1S/C17H19NO5S2/c1-11-9-15(12(2)24-11)16(19)10-23-17(20)13-5-7-14(8-6-13)25(21,22)18(3)4/h5-9H,10H2,1-4H3. The Morgan fingerprint density at radius 2 is 1.72 bits per heavy atom. The number of ketones is 1. The van der Waals surface area contributed by atoms with E-state index in [-0.39, 0.29) is 22.8 Å². The molecule has 2 rings (SSSR count). The number of carbonyl (C=O) groups excluding carboxylic acids is 2. The number of carbonyl (C=O) groups is 2. The second-order valence-corrected chi connectivity index (χ2v) is 9.25. The fourth-order valence-corrected chi connectivity index (χ4v) is 4.02. The van der Waals surface area contributed by atoms with Crippen molar-refractivity contribution in [1.29, 1.82) is 0 Å². The van der Waals surface area contributed by atoms with E-state index in [0.717, 1.165) is 14.1 Å². The van der Waals surface area contributed by atoms with Gasteiger partial charge in [-0.3, -0.25) is 4.79 Å². The summed E-state index contributed by atoms with van der Waals surface area (Å²) in [4.78, 5) is 26.1. The number of hydrogen-bond donors (Lipinski definition) is 0. The maximum Gasteiger partial charge on any atom is 0.338 e. The number of ether oxygens (including phenoxy) is 1. The summed E-state index contributed by atoms with van der Waals surface area (Å²) in [6.45, 7) is 3.40. The van der Waals surface area contributed by atoms with Gasteiger partial charge in [0.2, 0.25) is 15.8 Å². The van der Waals surface area contributed by atoms with E-state index in [1.54, 1.807) is 6.07 Å². The Morgan fingerprint density at radius 3 is 2.20 bits per heavy atom. The minimum Gasteiger partial charge on any atom is -0.454 e. The molecule has 0 N–H and O–H groups in total. The SMILES string of the molecule is Cc1cc(C(=O)COC(=O)c2ccc(S(=O)(=O)N(C)C)cc2)c(C)s1. The third-order valence-corrected chi connectivity index (χ3v) is 6.34. The molecule has 8 heteroatoms. The highest BCUT2D eigenvalue weighted by Gasteiger charge is 2.19. The van der Waals surface area contributed by atoms with E-state index in [9.17, 15) is 18.0 Å². The second-order valence-electron chi connectivity index (χ2n) is 5.64. The Kier molecular flexibility index (Phi) is 5.76. The fourth-order valence-electron chi connectivity index (χ4n) is 2.17. The van der Waals surface area contributed by atoms with Crippen LogP contribution in [0.15, 0.2) is 35.2 Å². The van der Waals surface area contributed by atoms with Crippen LogP contribution in [0.3, 0.4) is 0 Å². The summed E-state index contributed by atoms with van der Waals surface area (Å²) in [7, 11) is -0.700. The predicted molar refractivity (Wildman–Crippen MR) is 95.7 cm³/mol. The largest absolute Gasteiger partial charge is 0.454 e. The lowest BCUT2D eigenvalue weighted by molar-refractivity contribution is 0.0474. The van der Waals surface area contributed by atoms with E-state index < -0.39 is 16.0 Å². The van der Waals surface area contributed by atoms with Gasteiger partial charge in [-0.15, -0.1) is 11.3 Å². The summed E-state index contributed by atoms with van der Waals surface area (Å²) in [6, 6.07) is 7.17. The van der Waals surface area contributed by atoms with Crippen LogP contribution >= 0.6 is 11.3 Å². The number of rotatable bonds is 6. The van der Waals surface area contributed by atoms with E-state index in [1.807, 2.05) is 13.8 Å². The highest BCUT2D eigenvalue weighted by atomic mass is 32.2. The summed E-state index contributed by atoms with van der Waals surface area (Å²) in [6.07, 6.45) is 0. The molecule has 6 nitrogen and oxygen atoms in total. The van der Waals surface area contributed by atoms with Gasteiger partial charge in [-0.05, 0) is 44.2 Å². The molecule has 2 aromatic rings. The number of hydrogen-bond acceptors (Lipinski definition) is 6. The van der Waals surface area contributed by atoms with Gasteiger partial charge in [-0.1, -0.05) is 0 Å². The lowest BCUT2D eigenvalue weighted by atomic mass is 10.2. The Balaban J connectivity index is 2.04. The number of aryl methyl sites for hydroxylation is 2. The molecule has 1 heterocycles. The van der Waals surface area contributed by atoms with Crippen LogP contribution in [0.4, 0.5) is 0 Å². The van der Waals surface area contributed by atoms with E-state index in [4.69, 9.17) is 4.74 Å². The highest BCUT2D eigenvalue weighted by molar-refractivity contribution is 7.89.